The van der Waals surface area contributed by atoms with Crippen LogP contribution in [0.15, 0.2) is 24.3 Å². The second kappa shape index (κ2) is 5.47. The molecule has 1 aromatic rings. The molecule has 0 heterocycles. The summed E-state index contributed by atoms with van der Waals surface area (Å²) in [6.07, 6.45) is 6.09. The number of rotatable bonds is 4. The number of benzene rings is 1. The zero-order chi connectivity index (χ0) is 14.1. The molecule has 0 aliphatic heterocycles. The number of carbonyl (C=O) groups is 1. The van der Waals surface area contributed by atoms with Crippen LogP contribution in [0.25, 0.3) is 0 Å². The highest BCUT2D eigenvalue weighted by atomic mass is 16.2. The van der Waals surface area contributed by atoms with Crippen LogP contribution in [-0.2, 0) is 11.2 Å². The molecule has 3 atom stereocenters. The summed E-state index contributed by atoms with van der Waals surface area (Å²) in [7, 11) is 3.60. The fourth-order valence-electron chi connectivity index (χ4n) is 3.69. The summed E-state index contributed by atoms with van der Waals surface area (Å²) >= 11 is 0. The molecule has 3 rings (SSSR count). The predicted octanol–water partition coefficient (Wildman–Crippen LogP) is 2.92. The number of nitrogens with zero attached hydrogens (tertiary/aromatic N) is 1. The molecule has 108 valence electrons. The summed E-state index contributed by atoms with van der Waals surface area (Å²) in [5, 5.41) is 3.68. The van der Waals surface area contributed by atoms with Gasteiger partial charge >= 0.3 is 0 Å². The lowest BCUT2D eigenvalue weighted by atomic mass is 9.95. The number of hydrogen-bond acceptors (Lipinski definition) is 2. The number of nitrogens with one attached hydrogen (secondary N) is 1. The van der Waals surface area contributed by atoms with Crippen LogP contribution in [0.4, 0.5) is 5.69 Å². The molecule has 3 heteroatoms. The van der Waals surface area contributed by atoms with E-state index in [4.69, 9.17) is 0 Å². The van der Waals surface area contributed by atoms with Crippen molar-refractivity contribution in [1.82, 2.24) is 4.90 Å². The van der Waals surface area contributed by atoms with Gasteiger partial charge < -0.3 is 10.2 Å². The Bertz CT molecular complexity index is 480. The lowest BCUT2D eigenvalue weighted by Crippen LogP contribution is -2.25. The molecule has 2 saturated carbocycles. The normalized spacial score (nSPS) is 27.6. The Morgan fingerprint density at radius 3 is 2.50 bits per heavy atom. The molecule has 3 nitrogen and oxygen atoms in total. The van der Waals surface area contributed by atoms with Gasteiger partial charge in [0, 0.05) is 25.8 Å². The number of fused-ring (bicyclic) bond motifs is 2. The number of hydrogen-bond donors (Lipinski definition) is 1. The van der Waals surface area contributed by atoms with Gasteiger partial charge in [-0.05, 0) is 48.8 Å². The Labute approximate surface area is 121 Å². The molecule has 1 aromatic carbocycles. The van der Waals surface area contributed by atoms with E-state index in [1.54, 1.807) is 19.0 Å². The molecule has 0 saturated heterocycles. The molecule has 2 aliphatic rings. The highest BCUT2D eigenvalue weighted by molar-refractivity contribution is 5.78. The molecule has 2 fully saturated rings. The van der Waals surface area contributed by atoms with E-state index < -0.39 is 0 Å². The van der Waals surface area contributed by atoms with Gasteiger partial charge in [-0.2, -0.15) is 0 Å². The van der Waals surface area contributed by atoms with E-state index >= 15 is 0 Å². The van der Waals surface area contributed by atoms with E-state index in [1.165, 1.54) is 31.4 Å². The number of likely N-dealkylation sites (N-methyl/N-ethyl adjacent to an activating group) is 1. The minimum absolute atomic E-state index is 0.152. The maximum atomic E-state index is 11.7. The Balaban J connectivity index is 1.57. The number of amides is 1. The van der Waals surface area contributed by atoms with Crippen LogP contribution in [-0.4, -0.2) is 30.9 Å². The molecular weight excluding hydrogens is 248 g/mol. The molecule has 0 aromatic heterocycles. The smallest absolute Gasteiger partial charge is 0.226 e. The average molecular weight is 272 g/mol. The van der Waals surface area contributed by atoms with E-state index in [1.807, 2.05) is 0 Å². The van der Waals surface area contributed by atoms with Crippen molar-refractivity contribution in [2.45, 2.75) is 38.1 Å². The van der Waals surface area contributed by atoms with Crippen LogP contribution in [0.1, 0.15) is 31.2 Å². The van der Waals surface area contributed by atoms with Gasteiger partial charge in [-0.3, -0.25) is 4.79 Å². The van der Waals surface area contributed by atoms with E-state index in [-0.39, 0.29) is 5.91 Å². The zero-order valence-electron chi connectivity index (χ0n) is 12.4. The van der Waals surface area contributed by atoms with Crippen molar-refractivity contribution < 1.29 is 4.79 Å². The SMILES string of the molecule is CN(C)C(=O)Cc1ccc(NC2CC3CCC2C3)cc1. The first-order chi connectivity index (χ1) is 9.61. The highest BCUT2D eigenvalue weighted by Gasteiger charge is 2.39. The lowest BCUT2D eigenvalue weighted by Gasteiger charge is -2.24. The first-order valence-electron chi connectivity index (χ1n) is 7.67. The summed E-state index contributed by atoms with van der Waals surface area (Å²) in [5.41, 5.74) is 2.28. The van der Waals surface area contributed by atoms with Crippen molar-refractivity contribution >= 4 is 11.6 Å². The molecule has 1 amide bonds. The van der Waals surface area contributed by atoms with Crippen LogP contribution in [0.3, 0.4) is 0 Å². The minimum Gasteiger partial charge on any atom is -0.382 e. The minimum atomic E-state index is 0.152. The van der Waals surface area contributed by atoms with Gasteiger partial charge in [0.25, 0.3) is 0 Å². The molecule has 1 N–H and O–H groups in total. The van der Waals surface area contributed by atoms with Crippen molar-refractivity contribution in [2.75, 3.05) is 19.4 Å². The largest absolute Gasteiger partial charge is 0.382 e. The third kappa shape index (κ3) is 2.82. The fourth-order valence-corrected chi connectivity index (χ4v) is 3.69. The van der Waals surface area contributed by atoms with Crippen molar-refractivity contribution in [1.29, 1.82) is 0 Å². The third-order valence-corrected chi connectivity index (χ3v) is 4.90. The molecule has 2 aliphatic carbocycles. The molecular formula is C17H24N2O. The van der Waals surface area contributed by atoms with E-state index in [2.05, 4.69) is 29.6 Å². The van der Waals surface area contributed by atoms with Gasteiger partial charge in [0.2, 0.25) is 5.91 Å². The van der Waals surface area contributed by atoms with E-state index in [9.17, 15) is 4.79 Å². The number of anilines is 1. The van der Waals surface area contributed by atoms with Gasteiger partial charge in [0.1, 0.15) is 0 Å². The summed E-state index contributed by atoms with van der Waals surface area (Å²) in [5.74, 6) is 2.00. The van der Waals surface area contributed by atoms with Crippen LogP contribution >= 0.6 is 0 Å². The van der Waals surface area contributed by atoms with Gasteiger partial charge in [-0.15, -0.1) is 0 Å². The van der Waals surface area contributed by atoms with Crippen molar-refractivity contribution in [3.63, 3.8) is 0 Å². The van der Waals surface area contributed by atoms with Gasteiger partial charge in [0.15, 0.2) is 0 Å². The molecule has 0 spiro atoms. The van der Waals surface area contributed by atoms with Gasteiger partial charge in [-0.25, -0.2) is 0 Å². The fraction of sp³-hybridized carbons (Fsp3) is 0.588. The first-order valence-corrected chi connectivity index (χ1v) is 7.67. The quantitative estimate of drug-likeness (QED) is 0.914. The summed E-state index contributed by atoms with van der Waals surface area (Å²) < 4.78 is 0. The Kier molecular flexibility index (Phi) is 3.68. The standard InChI is InChI=1S/C17H24N2O/c1-19(2)17(20)11-12-4-7-15(8-5-12)18-16-10-13-3-6-14(16)9-13/h4-5,7-8,13-14,16,18H,3,6,9-11H2,1-2H3. The molecule has 0 radical (unpaired) electrons. The zero-order valence-corrected chi connectivity index (χ0v) is 12.4. The Morgan fingerprint density at radius 1 is 1.20 bits per heavy atom. The van der Waals surface area contributed by atoms with Crippen molar-refractivity contribution in [3.05, 3.63) is 29.8 Å². The van der Waals surface area contributed by atoms with Gasteiger partial charge in [0.05, 0.1) is 6.42 Å². The highest BCUT2D eigenvalue weighted by Crippen LogP contribution is 2.45. The van der Waals surface area contributed by atoms with Gasteiger partial charge in [-0.1, -0.05) is 18.6 Å². The topological polar surface area (TPSA) is 32.3 Å². The first kappa shape index (κ1) is 13.5. The van der Waals surface area contributed by atoms with E-state index in [0.29, 0.717) is 12.5 Å². The molecule has 3 unspecified atom stereocenters. The average Bonchev–Trinajstić information content (AvgIpc) is 3.03. The van der Waals surface area contributed by atoms with Crippen molar-refractivity contribution in [3.8, 4) is 0 Å². The Morgan fingerprint density at radius 2 is 1.95 bits per heavy atom. The lowest BCUT2D eigenvalue weighted by molar-refractivity contribution is -0.127. The number of carbonyl (C=O) groups excluding carboxylic acids is 1. The monoisotopic (exact) mass is 272 g/mol. The van der Waals surface area contributed by atoms with Crippen molar-refractivity contribution in [2.24, 2.45) is 11.8 Å². The second-order valence-electron chi connectivity index (χ2n) is 6.59. The van der Waals surface area contributed by atoms with Crippen LogP contribution < -0.4 is 5.32 Å². The van der Waals surface area contributed by atoms with Crippen LogP contribution in [0, 0.1) is 11.8 Å². The summed E-state index contributed by atoms with van der Waals surface area (Å²) in [6.45, 7) is 0. The summed E-state index contributed by atoms with van der Waals surface area (Å²) in [6, 6.07) is 9.03. The van der Waals surface area contributed by atoms with Crippen LogP contribution in [0.5, 0.6) is 0 Å². The third-order valence-electron chi connectivity index (χ3n) is 4.90. The predicted molar refractivity (Wildman–Crippen MR) is 81.7 cm³/mol. The Hall–Kier alpha value is -1.51. The van der Waals surface area contributed by atoms with Crippen LogP contribution in [0.2, 0.25) is 0 Å². The second-order valence-corrected chi connectivity index (χ2v) is 6.59. The maximum absolute atomic E-state index is 11.7. The molecule has 2 bridgehead atoms. The van der Waals surface area contributed by atoms with E-state index in [0.717, 1.165) is 17.4 Å². The maximum Gasteiger partial charge on any atom is 0.226 e. The molecule has 20 heavy (non-hydrogen) atoms. The summed E-state index contributed by atoms with van der Waals surface area (Å²) in [4.78, 5) is 13.3.